The van der Waals surface area contributed by atoms with E-state index in [1.54, 1.807) is 24.3 Å². The Morgan fingerprint density at radius 3 is 2.71 bits per heavy atom. The van der Waals surface area contributed by atoms with Crippen LogP contribution in [-0.2, 0) is 16.1 Å². The van der Waals surface area contributed by atoms with Gasteiger partial charge in [0.2, 0.25) is 5.91 Å². The molecule has 0 bridgehead atoms. The van der Waals surface area contributed by atoms with Crippen LogP contribution in [0.4, 0.5) is 5.69 Å². The van der Waals surface area contributed by atoms with E-state index >= 15 is 0 Å². The third-order valence-electron chi connectivity index (χ3n) is 5.81. The number of rotatable bonds is 8. The van der Waals surface area contributed by atoms with Crippen LogP contribution in [0.5, 0.6) is 0 Å². The van der Waals surface area contributed by atoms with Gasteiger partial charge in [-0.15, -0.1) is 11.3 Å². The molecule has 0 atom stereocenters. The molecule has 0 saturated heterocycles. The Balaban J connectivity index is 1.53. The summed E-state index contributed by atoms with van der Waals surface area (Å²) < 4.78 is 6.53. The van der Waals surface area contributed by atoms with Crippen molar-refractivity contribution in [2.75, 3.05) is 11.9 Å². The third-order valence-corrected chi connectivity index (χ3v) is 6.69. The number of carbonyl (C=O) groups excluding carboxylic acids is 2. The summed E-state index contributed by atoms with van der Waals surface area (Å²) >= 11 is 1.41. The molecular formula is C27H27N3O4S. The van der Waals surface area contributed by atoms with Crippen molar-refractivity contribution in [3.05, 3.63) is 81.2 Å². The van der Waals surface area contributed by atoms with Crippen molar-refractivity contribution < 1.29 is 14.3 Å². The Bertz CT molecular complexity index is 1450. The first-order valence-electron chi connectivity index (χ1n) is 11.5. The van der Waals surface area contributed by atoms with Crippen LogP contribution in [0.3, 0.4) is 0 Å². The lowest BCUT2D eigenvalue weighted by Crippen LogP contribution is -2.27. The normalized spacial score (nSPS) is 10.9. The van der Waals surface area contributed by atoms with Crippen LogP contribution >= 0.6 is 11.3 Å². The molecule has 35 heavy (non-hydrogen) atoms. The van der Waals surface area contributed by atoms with Crippen molar-refractivity contribution in [1.82, 2.24) is 9.55 Å². The van der Waals surface area contributed by atoms with Crippen molar-refractivity contribution in [1.29, 1.82) is 0 Å². The van der Waals surface area contributed by atoms with Gasteiger partial charge in [-0.2, -0.15) is 0 Å². The van der Waals surface area contributed by atoms with E-state index in [1.807, 2.05) is 38.3 Å². The zero-order valence-electron chi connectivity index (χ0n) is 20.0. The number of benzene rings is 2. The van der Waals surface area contributed by atoms with E-state index in [0.29, 0.717) is 28.1 Å². The van der Waals surface area contributed by atoms with Crippen LogP contribution in [0.15, 0.2) is 59.0 Å². The van der Waals surface area contributed by atoms with Gasteiger partial charge in [-0.25, -0.2) is 9.78 Å². The SMILES string of the molecule is CCCCOC(=O)c1cccc(NC(=O)Cn2cnc3scc(-c4ccc(C)c(C)c4)c3c2=O)c1. The monoisotopic (exact) mass is 489 g/mol. The maximum Gasteiger partial charge on any atom is 0.338 e. The van der Waals surface area contributed by atoms with Gasteiger partial charge in [0.05, 0.1) is 23.9 Å². The second-order valence-electron chi connectivity index (χ2n) is 8.42. The predicted molar refractivity (Wildman–Crippen MR) is 139 cm³/mol. The molecule has 2 heterocycles. The number of ether oxygens (including phenoxy) is 1. The van der Waals surface area contributed by atoms with Crippen molar-refractivity contribution in [3.8, 4) is 11.1 Å². The number of aryl methyl sites for hydroxylation is 2. The number of thiophene rings is 1. The second-order valence-corrected chi connectivity index (χ2v) is 9.28. The van der Waals surface area contributed by atoms with E-state index in [4.69, 9.17) is 4.74 Å². The van der Waals surface area contributed by atoms with Gasteiger partial charge in [-0.3, -0.25) is 14.2 Å². The number of unbranched alkanes of at least 4 members (excludes halogenated alkanes) is 1. The summed E-state index contributed by atoms with van der Waals surface area (Å²) in [6, 6.07) is 12.6. The van der Waals surface area contributed by atoms with Crippen LogP contribution in [0.25, 0.3) is 21.3 Å². The van der Waals surface area contributed by atoms with Gasteiger partial charge in [-0.05, 0) is 55.2 Å². The van der Waals surface area contributed by atoms with Crippen molar-refractivity contribution in [2.45, 2.75) is 40.2 Å². The summed E-state index contributed by atoms with van der Waals surface area (Å²) in [7, 11) is 0. The van der Waals surface area contributed by atoms with Gasteiger partial charge >= 0.3 is 5.97 Å². The summed E-state index contributed by atoms with van der Waals surface area (Å²) in [6.45, 7) is 6.26. The fraction of sp³-hybridized carbons (Fsp3) is 0.259. The number of anilines is 1. The molecule has 1 amide bonds. The molecule has 8 heteroatoms. The molecule has 4 aromatic rings. The summed E-state index contributed by atoms with van der Waals surface area (Å²) in [5.74, 6) is -0.829. The fourth-order valence-electron chi connectivity index (χ4n) is 3.67. The Hall–Kier alpha value is -3.78. The number of aromatic nitrogens is 2. The molecule has 7 nitrogen and oxygen atoms in total. The molecule has 0 spiro atoms. The lowest BCUT2D eigenvalue weighted by atomic mass is 10.0. The number of hydrogen-bond donors (Lipinski definition) is 1. The zero-order valence-corrected chi connectivity index (χ0v) is 20.8. The van der Waals surface area contributed by atoms with Gasteiger partial charge < -0.3 is 10.1 Å². The van der Waals surface area contributed by atoms with Crippen LogP contribution in [-0.4, -0.2) is 28.0 Å². The Labute approximate surface area is 207 Å². The van der Waals surface area contributed by atoms with Gasteiger partial charge in [0, 0.05) is 16.6 Å². The highest BCUT2D eigenvalue weighted by atomic mass is 32.1. The molecule has 0 aliphatic heterocycles. The quantitative estimate of drug-likeness (QED) is 0.267. The molecule has 0 aliphatic rings. The lowest BCUT2D eigenvalue weighted by Gasteiger charge is -2.09. The Kier molecular flexibility index (Phi) is 7.41. The molecule has 0 saturated carbocycles. The first kappa shape index (κ1) is 24.3. The summed E-state index contributed by atoms with van der Waals surface area (Å²) in [5, 5.41) is 5.18. The Morgan fingerprint density at radius 1 is 1.11 bits per heavy atom. The number of nitrogens with zero attached hydrogens (tertiary/aromatic N) is 2. The number of fused-ring (bicyclic) bond motifs is 1. The van der Waals surface area contributed by atoms with Crippen LogP contribution in [0.1, 0.15) is 41.3 Å². The molecule has 0 unspecified atom stereocenters. The molecule has 4 rings (SSSR count). The van der Waals surface area contributed by atoms with Gasteiger partial charge in [0.15, 0.2) is 0 Å². The highest BCUT2D eigenvalue weighted by Crippen LogP contribution is 2.31. The van der Waals surface area contributed by atoms with Gasteiger partial charge in [0.1, 0.15) is 11.4 Å². The minimum atomic E-state index is -0.434. The molecule has 0 fully saturated rings. The fourth-order valence-corrected chi connectivity index (χ4v) is 4.58. The van der Waals surface area contributed by atoms with Gasteiger partial charge in [0.25, 0.3) is 5.56 Å². The maximum absolute atomic E-state index is 13.3. The van der Waals surface area contributed by atoms with E-state index in [-0.39, 0.29) is 12.1 Å². The largest absolute Gasteiger partial charge is 0.462 e. The smallest absolute Gasteiger partial charge is 0.338 e. The molecule has 1 N–H and O–H groups in total. The minimum absolute atomic E-state index is 0.199. The summed E-state index contributed by atoms with van der Waals surface area (Å²) in [5.41, 5.74) is 4.62. The van der Waals surface area contributed by atoms with Crippen molar-refractivity contribution in [3.63, 3.8) is 0 Å². The molecule has 0 aliphatic carbocycles. The van der Waals surface area contributed by atoms with E-state index in [2.05, 4.69) is 16.4 Å². The highest BCUT2D eigenvalue weighted by Gasteiger charge is 2.16. The van der Waals surface area contributed by atoms with Crippen LogP contribution in [0.2, 0.25) is 0 Å². The number of nitrogens with one attached hydrogen (secondary N) is 1. The van der Waals surface area contributed by atoms with E-state index in [0.717, 1.165) is 29.5 Å². The van der Waals surface area contributed by atoms with Crippen molar-refractivity contribution in [2.24, 2.45) is 0 Å². The maximum atomic E-state index is 13.3. The third kappa shape index (κ3) is 5.49. The standard InChI is InChI=1S/C27H27N3O4S/c1-4-5-11-34-27(33)20-7-6-8-21(13-20)29-23(31)14-30-16-28-25-24(26(30)32)22(15-35-25)19-10-9-17(2)18(3)12-19/h6-10,12-13,15-16H,4-5,11,14H2,1-3H3,(H,29,31). The molecule has 0 radical (unpaired) electrons. The zero-order chi connectivity index (χ0) is 24.9. The van der Waals surface area contributed by atoms with E-state index < -0.39 is 11.9 Å². The Morgan fingerprint density at radius 2 is 1.94 bits per heavy atom. The van der Waals surface area contributed by atoms with Gasteiger partial charge in [-0.1, -0.05) is 37.6 Å². The second kappa shape index (κ2) is 10.7. The summed E-state index contributed by atoms with van der Waals surface area (Å²) in [6.07, 6.45) is 3.12. The highest BCUT2D eigenvalue weighted by molar-refractivity contribution is 7.17. The van der Waals surface area contributed by atoms with Crippen LogP contribution in [0, 0.1) is 13.8 Å². The predicted octanol–water partition coefficient (Wildman–Crippen LogP) is 5.34. The first-order chi connectivity index (χ1) is 16.9. The first-order valence-corrected chi connectivity index (χ1v) is 12.4. The van der Waals surface area contributed by atoms with E-state index in [9.17, 15) is 14.4 Å². The average Bonchev–Trinajstić information content (AvgIpc) is 3.28. The molecular weight excluding hydrogens is 462 g/mol. The summed E-state index contributed by atoms with van der Waals surface area (Å²) in [4.78, 5) is 43.2. The molecule has 2 aromatic carbocycles. The molecule has 2 aromatic heterocycles. The van der Waals surface area contributed by atoms with E-state index in [1.165, 1.54) is 27.8 Å². The lowest BCUT2D eigenvalue weighted by molar-refractivity contribution is -0.116. The number of amides is 1. The minimum Gasteiger partial charge on any atom is -0.462 e. The number of hydrogen-bond acceptors (Lipinski definition) is 6. The average molecular weight is 490 g/mol. The topological polar surface area (TPSA) is 90.3 Å². The number of esters is 1. The molecule has 180 valence electrons. The van der Waals surface area contributed by atoms with Crippen molar-refractivity contribution >= 4 is 39.1 Å². The van der Waals surface area contributed by atoms with Crippen LogP contribution < -0.4 is 10.9 Å². The number of carbonyl (C=O) groups is 2.